The number of halogens is 2. The number of ether oxygens (including phenoxy) is 2. The molecule has 0 radical (unpaired) electrons. The lowest BCUT2D eigenvalue weighted by atomic mass is 9.51. The molecule has 2 aromatic heterocycles. The zero-order chi connectivity index (χ0) is 41.9. The highest BCUT2D eigenvalue weighted by Gasteiger charge is 2.68. The summed E-state index contributed by atoms with van der Waals surface area (Å²) in [5.74, 6) is -4.87. The van der Waals surface area contributed by atoms with E-state index < -0.39 is 46.8 Å². The number of phenolic OH excluding ortho intramolecular Hbond substituents is 1. The van der Waals surface area contributed by atoms with Crippen molar-refractivity contribution in [3.63, 3.8) is 0 Å². The first kappa shape index (κ1) is 39.1. The van der Waals surface area contributed by atoms with Gasteiger partial charge in [-0.2, -0.15) is 5.10 Å². The Balaban J connectivity index is 1.06. The van der Waals surface area contributed by atoms with Crippen LogP contribution in [0.3, 0.4) is 0 Å². The number of imide groups is 2. The van der Waals surface area contributed by atoms with Crippen molar-refractivity contribution in [2.45, 2.75) is 32.6 Å². The molecule has 3 aliphatic heterocycles. The quantitative estimate of drug-likeness (QED) is 0.133. The number of carbonyl (C=O) groups excluding carboxylic acids is 4. The van der Waals surface area contributed by atoms with Gasteiger partial charge in [0.2, 0.25) is 23.6 Å². The number of nitrogens with zero attached hydrogens (tertiary/aromatic N) is 5. The number of phenols is 1. The van der Waals surface area contributed by atoms with Gasteiger partial charge >= 0.3 is 0 Å². The van der Waals surface area contributed by atoms with Crippen LogP contribution >= 0.6 is 38.9 Å². The molecule has 5 aromatic rings. The highest BCUT2D eigenvalue weighted by molar-refractivity contribution is 9.10. The number of aromatic nitrogens is 2. The van der Waals surface area contributed by atoms with E-state index in [4.69, 9.17) is 26.2 Å². The first-order valence-corrected chi connectivity index (χ1v) is 22.0. The summed E-state index contributed by atoms with van der Waals surface area (Å²) in [5, 5.41) is 18.3. The summed E-state index contributed by atoms with van der Waals surface area (Å²) in [6.07, 6.45) is 2.40. The molecule has 3 aromatic carbocycles. The molecule has 1 N–H and O–H groups in total. The first-order chi connectivity index (χ1) is 28.8. The smallest absolute Gasteiger partial charge is 0.242 e. The number of allylic oxidation sites excluding steroid dienone is 2. The van der Waals surface area contributed by atoms with Crippen LogP contribution in [0.2, 0.25) is 5.02 Å². The number of benzene rings is 3. The zero-order valence-corrected chi connectivity index (χ0v) is 36.4. The summed E-state index contributed by atoms with van der Waals surface area (Å²) in [6.45, 7) is 6.57. The van der Waals surface area contributed by atoms with Crippen LogP contribution in [0.15, 0.2) is 76.8 Å². The Morgan fingerprint density at radius 1 is 0.950 bits per heavy atom. The van der Waals surface area contributed by atoms with Gasteiger partial charge in [-0.25, -0.2) is 4.90 Å². The van der Waals surface area contributed by atoms with Gasteiger partial charge < -0.3 is 19.5 Å². The fraction of sp³-hybridized carbons (Fsp3) is 0.356. The normalized spacial score (nSPS) is 26.5. The first-order valence-electron chi connectivity index (χ1n) is 20.0. The van der Waals surface area contributed by atoms with E-state index in [1.165, 1.54) is 16.9 Å². The number of thiophene rings is 1. The number of hydrogen-bond acceptors (Lipinski definition) is 10. The molecular weight excluding hydrogens is 870 g/mol. The third-order valence-electron chi connectivity index (χ3n) is 13.6. The number of rotatable bonds is 6. The van der Waals surface area contributed by atoms with E-state index in [1.807, 2.05) is 55.5 Å². The van der Waals surface area contributed by atoms with E-state index in [2.05, 4.69) is 20.8 Å². The van der Waals surface area contributed by atoms with Crippen molar-refractivity contribution in [3.8, 4) is 22.1 Å². The van der Waals surface area contributed by atoms with E-state index in [0.29, 0.717) is 45.5 Å². The molecule has 6 atom stereocenters. The predicted octanol–water partition coefficient (Wildman–Crippen LogP) is 8.01. The molecule has 1 saturated carbocycles. The highest BCUT2D eigenvalue weighted by atomic mass is 79.9. The maximum absolute atomic E-state index is 15.3. The van der Waals surface area contributed by atoms with Crippen molar-refractivity contribution in [1.82, 2.24) is 9.78 Å². The van der Waals surface area contributed by atoms with Gasteiger partial charge in [0.15, 0.2) is 11.5 Å². The maximum Gasteiger partial charge on any atom is 0.242 e. The van der Waals surface area contributed by atoms with Gasteiger partial charge in [0.05, 0.1) is 54.1 Å². The van der Waals surface area contributed by atoms with Crippen LogP contribution in [0.5, 0.6) is 11.5 Å². The Labute approximate surface area is 363 Å². The number of morpholine rings is 1. The van der Waals surface area contributed by atoms with Gasteiger partial charge in [-0.15, -0.1) is 11.3 Å². The summed E-state index contributed by atoms with van der Waals surface area (Å²) in [4.78, 5) is 65.1. The van der Waals surface area contributed by atoms with Gasteiger partial charge in [-0.05, 0) is 98.2 Å². The number of hydrogen-bond donors (Lipinski definition) is 1. The molecule has 12 nitrogen and oxygen atoms in total. The van der Waals surface area contributed by atoms with Crippen molar-refractivity contribution in [2.75, 3.05) is 48.1 Å². The third-order valence-corrected chi connectivity index (χ3v) is 15.6. The largest absolute Gasteiger partial charge is 0.504 e. The maximum atomic E-state index is 15.3. The number of fused-ring (bicyclic) bond motifs is 5. The Bertz CT molecular complexity index is 2710. The van der Waals surface area contributed by atoms with Crippen molar-refractivity contribution in [2.24, 2.45) is 36.1 Å². The molecule has 3 saturated heterocycles. The highest BCUT2D eigenvalue weighted by Crippen LogP contribution is 2.65. The monoisotopic (exact) mass is 909 g/mol. The Kier molecular flexibility index (Phi) is 9.32. The summed E-state index contributed by atoms with van der Waals surface area (Å²) >= 11 is 11.5. The summed E-state index contributed by atoms with van der Waals surface area (Å²) in [6, 6.07) is 18.4. The Morgan fingerprint density at radius 2 is 1.68 bits per heavy atom. The van der Waals surface area contributed by atoms with Crippen LogP contribution in [0.25, 0.3) is 20.7 Å². The Morgan fingerprint density at radius 3 is 2.42 bits per heavy atom. The Hall–Kier alpha value is -5.02. The molecule has 2 aliphatic carbocycles. The molecule has 60 heavy (non-hydrogen) atoms. The van der Waals surface area contributed by atoms with E-state index in [9.17, 15) is 14.7 Å². The molecule has 308 valence electrons. The SMILES string of the molecule is COc1cc(Br)cc(C2C3=CCC4C(=O)N(c5ccc(N6CCOCC6)cc5)C(=O)C4C3CC3C(=O)N(c4cc(-c5sc6ccc(Cl)cc6c5C)nn4C)C(=O)C32C)c1O. The molecule has 10 rings (SSSR count). The molecule has 0 spiro atoms. The van der Waals surface area contributed by atoms with E-state index in [0.717, 1.165) is 44.9 Å². The second-order valence-electron chi connectivity index (χ2n) is 16.5. The summed E-state index contributed by atoms with van der Waals surface area (Å²) < 4.78 is 14.3. The van der Waals surface area contributed by atoms with E-state index in [-0.39, 0.29) is 36.2 Å². The molecule has 6 unspecified atom stereocenters. The number of amides is 4. The van der Waals surface area contributed by atoms with Crippen molar-refractivity contribution >= 4 is 89.8 Å². The van der Waals surface area contributed by atoms with Gasteiger partial charge in [-0.3, -0.25) is 28.8 Å². The fourth-order valence-electron chi connectivity index (χ4n) is 10.7. The third kappa shape index (κ3) is 5.66. The standard InChI is InChI=1S/C45H41BrClN5O7S/c1-22-29-19-24(47)5-12-35(29)60-40(22)33-21-36(49(3)48-33)52-42(55)32-20-30-27(38(45(32,2)44(52)57)31-17-23(46)18-34(58-4)39(31)53)10-11-28-37(30)43(56)51(41(28)54)26-8-6-25(7-9-26)50-13-15-59-16-14-50/h5-10,12,17-19,21,28,30,32,37-38,53H,11,13-16,20H2,1-4H3. The lowest BCUT2D eigenvalue weighted by molar-refractivity contribution is -0.131. The number of aromatic hydroxyl groups is 1. The van der Waals surface area contributed by atoms with Crippen LogP contribution in [-0.2, 0) is 31.0 Å². The van der Waals surface area contributed by atoms with Gasteiger partial charge in [0, 0.05) is 57.6 Å². The molecule has 0 bridgehead atoms. The van der Waals surface area contributed by atoms with Crippen molar-refractivity contribution in [3.05, 3.63) is 92.9 Å². The van der Waals surface area contributed by atoms with Crippen molar-refractivity contribution < 1.29 is 33.8 Å². The van der Waals surface area contributed by atoms with Crippen molar-refractivity contribution in [1.29, 1.82) is 0 Å². The molecular formula is C45H41BrClN5O7S. The second kappa shape index (κ2) is 14.3. The van der Waals surface area contributed by atoms with Gasteiger partial charge in [-0.1, -0.05) is 39.2 Å². The molecule has 15 heteroatoms. The minimum Gasteiger partial charge on any atom is -0.504 e. The topological polar surface area (TPSA) is 135 Å². The average Bonchev–Trinajstić information content (AvgIpc) is 3.92. The molecule has 5 aliphatic rings. The van der Waals surface area contributed by atoms with Crippen LogP contribution in [0.1, 0.15) is 36.8 Å². The van der Waals surface area contributed by atoms with Gasteiger partial charge in [0.25, 0.3) is 0 Å². The lowest BCUT2D eigenvalue weighted by Crippen LogP contribution is -2.49. The lowest BCUT2D eigenvalue weighted by Gasteiger charge is -2.49. The number of methoxy groups -OCH3 is 1. The molecule has 4 fully saturated rings. The minimum atomic E-state index is -1.40. The fourth-order valence-corrected chi connectivity index (χ4v) is 12.4. The van der Waals surface area contributed by atoms with E-state index in [1.54, 1.807) is 48.2 Å². The molecule has 5 heterocycles. The zero-order valence-electron chi connectivity index (χ0n) is 33.3. The van der Waals surface area contributed by atoms with Crippen LogP contribution < -0.4 is 19.4 Å². The predicted molar refractivity (Wildman–Crippen MR) is 233 cm³/mol. The summed E-state index contributed by atoms with van der Waals surface area (Å²) in [5.41, 5.74) is 2.83. The number of carbonyl (C=O) groups is 4. The van der Waals surface area contributed by atoms with Crippen LogP contribution in [0, 0.1) is 36.0 Å². The minimum absolute atomic E-state index is 0.160. The van der Waals surface area contributed by atoms with Crippen LogP contribution in [0.4, 0.5) is 17.2 Å². The average molecular weight is 911 g/mol. The van der Waals surface area contributed by atoms with Gasteiger partial charge in [0.1, 0.15) is 11.5 Å². The van der Waals surface area contributed by atoms with Crippen LogP contribution in [-0.4, -0.2) is 71.9 Å². The summed E-state index contributed by atoms with van der Waals surface area (Å²) in [7, 11) is 3.16. The second-order valence-corrected chi connectivity index (χ2v) is 18.9. The van der Waals surface area contributed by atoms with E-state index >= 15 is 9.59 Å². The molecule has 4 amide bonds. The number of aryl methyl sites for hydroxylation is 2. The number of anilines is 3.